The van der Waals surface area contributed by atoms with Crippen LogP contribution in [-0.4, -0.2) is 15.0 Å². The molecule has 0 unspecified atom stereocenters. The zero-order chi connectivity index (χ0) is 22.2. The largest absolute Gasteiger partial charge is 0.358 e. The summed E-state index contributed by atoms with van der Waals surface area (Å²) >= 11 is 0. The van der Waals surface area contributed by atoms with Crippen molar-refractivity contribution in [3.63, 3.8) is 0 Å². The predicted molar refractivity (Wildman–Crippen MR) is 137 cm³/mol. The third-order valence-electron chi connectivity index (χ3n) is 6.16. The predicted octanol–water partition coefficient (Wildman–Crippen LogP) is 7.87. The zero-order valence-electron chi connectivity index (χ0n) is 18.3. The van der Waals surface area contributed by atoms with E-state index in [2.05, 4.69) is 114 Å². The minimum absolute atomic E-state index is 0.880. The minimum atomic E-state index is 0.880. The Kier molecular flexibility index (Phi) is 4.66. The first-order chi connectivity index (χ1) is 16.3. The highest BCUT2D eigenvalue weighted by molar-refractivity contribution is 5.97. The number of nitrogens with one attached hydrogen (secondary N) is 2. The van der Waals surface area contributed by atoms with Gasteiger partial charge in [-0.1, -0.05) is 103 Å². The Hall–Kier alpha value is -4.37. The number of aromatic nitrogens is 3. The summed E-state index contributed by atoms with van der Waals surface area (Å²) < 4.78 is 0. The normalized spacial score (nSPS) is 11.2. The van der Waals surface area contributed by atoms with Gasteiger partial charge in [0.2, 0.25) is 0 Å². The minimum Gasteiger partial charge on any atom is -0.358 e. The lowest BCUT2D eigenvalue weighted by molar-refractivity contribution is 1.25. The molecule has 0 radical (unpaired) electrons. The third kappa shape index (κ3) is 3.44. The van der Waals surface area contributed by atoms with Crippen LogP contribution in [0.5, 0.6) is 0 Å². The molecule has 0 saturated carbocycles. The van der Waals surface area contributed by atoms with Crippen molar-refractivity contribution < 1.29 is 0 Å². The van der Waals surface area contributed by atoms with Crippen LogP contribution in [0.15, 0.2) is 109 Å². The fourth-order valence-corrected chi connectivity index (χ4v) is 4.55. The maximum atomic E-state index is 5.12. The molecule has 4 aromatic carbocycles. The first-order valence-corrected chi connectivity index (χ1v) is 11.2. The van der Waals surface area contributed by atoms with Crippen LogP contribution in [0, 0.1) is 6.92 Å². The molecule has 2 heterocycles. The van der Waals surface area contributed by atoms with Gasteiger partial charge >= 0.3 is 0 Å². The van der Waals surface area contributed by atoms with Gasteiger partial charge in [-0.25, -0.2) is 4.98 Å². The lowest BCUT2D eigenvalue weighted by atomic mass is 10.0. The SMILES string of the molecule is Cc1[nH]c2ccccc2c1-c1nc(-c2ccccc2)c(-c2ccc(-c3ccccc3)cc2)[nH]1. The van der Waals surface area contributed by atoms with Gasteiger partial charge in [0, 0.05) is 33.3 Å². The van der Waals surface area contributed by atoms with Gasteiger partial charge < -0.3 is 9.97 Å². The summed E-state index contributed by atoms with van der Waals surface area (Å²) in [5.41, 5.74) is 9.97. The van der Waals surface area contributed by atoms with Crippen molar-refractivity contribution in [3.05, 3.63) is 115 Å². The summed E-state index contributed by atoms with van der Waals surface area (Å²) in [5, 5.41) is 1.18. The van der Waals surface area contributed by atoms with Crippen LogP contribution < -0.4 is 0 Å². The fraction of sp³-hybridized carbons (Fsp3) is 0.0333. The number of nitrogens with zero attached hydrogens (tertiary/aromatic N) is 1. The third-order valence-corrected chi connectivity index (χ3v) is 6.16. The standard InChI is InChI=1S/C30H23N3/c1-20-27(25-14-8-9-15-26(25)31-20)30-32-28(23-12-6-3-7-13-23)29(33-30)24-18-16-22(17-19-24)21-10-4-2-5-11-21/h2-19,31H,1H3,(H,32,33). The molecule has 0 fully saturated rings. The van der Waals surface area contributed by atoms with Gasteiger partial charge in [-0.15, -0.1) is 0 Å². The molecule has 6 aromatic rings. The number of aryl methyl sites for hydroxylation is 1. The first-order valence-electron chi connectivity index (χ1n) is 11.2. The quantitative estimate of drug-likeness (QED) is 0.296. The van der Waals surface area contributed by atoms with Gasteiger partial charge in [0.15, 0.2) is 0 Å². The molecular weight excluding hydrogens is 402 g/mol. The lowest BCUT2D eigenvalue weighted by Crippen LogP contribution is -1.84. The summed E-state index contributed by atoms with van der Waals surface area (Å²) in [5.74, 6) is 0.880. The van der Waals surface area contributed by atoms with Crippen molar-refractivity contribution in [2.45, 2.75) is 6.92 Å². The second-order valence-corrected chi connectivity index (χ2v) is 8.29. The van der Waals surface area contributed by atoms with Crippen molar-refractivity contribution in [3.8, 4) is 45.0 Å². The van der Waals surface area contributed by atoms with Crippen molar-refractivity contribution in [2.75, 3.05) is 0 Å². The zero-order valence-corrected chi connectivity index (χ0v) is 18.3. The Balaban J connectivity index is 1.51. The van der Waals surface area contributed by atoms with E-state index < -0.39 is 0 Å². The highest BCUT2D eigenvalue weighted by Crippen LogP contribution is 2.37. The molecule has 2 aromatic heterocycles. The van der Waals surface area contributed by atoms with Crippen LogP contribution in [-0.2, 0) is 0 Å². The van der Waals surface area contributed by atoms with Crippen LogP contribution in [0.25, 0.3) is 55.9 Å². The highest BCUT2D eigenvalue weighted by atomic mass is 14.9. The van der Waals surface area contributed by atoms with E-state index in [4.69, 9.17) is 4.98 Å². The Morgan fingerprint density at radius 2 is 1.12 bits per heavy atom. The van der Waals surface area contributed by atoms with Crippen LogP contribution in [0.3, 0.4) is 0 Å². The van der Waals surface area contributed by atoms with E-state index in [0.29, 0.717) is 0 Å². The summed E-state index contributed by atoms with van der Waals surface area (Å²) in [4.78, 5) is 12.3. The van der Waals surface area contributed by atoms with Crippen LogP contribution in [0.1, 0.15) is 5.69 Å². The van der Waals surface area contributed by atoms with Gasteiger partial charge in [-0.2, -0.15) is 0 Å². The van der Waals surface area contributed by atoms with Crippen molar-refractivity contribution in [2.24, 2.45) is 0 Å². The lowest BCUT2D eigenvalue weighted by Gasteiger charge is -2.06. The molecule has 0 amide bonds. The topological polar surface area (TPSA) is 44.5 Å². The van der Waals surface area contributed by atoms with Crippen molar-refractivity contribution in [1.29, 1.82) is 0 Å². The molecule has 158 valence electrons. The van der Waals surface area contributed by atoms with Crippen LogP contribution in [0.4, 0.5) is 0 Å². The molecule has 2 N–H and O–H groups in total. The van der Waals surface area contributed by atoms with Crippen LogP contribution >= 0.6 is 0 Å². The molecule has 0 bridgehead atoms. The summed E-state index contributed by atoms with van der Waals surface area (Å²) in [6.45, 7) is 2.11. The molecule has 33 heavy (non-hydrogen) atoms. The highest BCUT2D eigenvalue weighted by Gasteiger charge is 2.19. The second-order valence-electron chi connectivity index (χ2n) is 8.29. The number of para-hydroxylation sites is 1. The van der Waals surface area contributed by atoms with Crippen molar-refractivity contribution >= 4 is 10.9 Å². The Bertz CT molecular complexity index is 1540. The number of aromatic amines is 2. The Morgan fingerprint density at radius 1 is 0.545 bits per heavy atom. The molecule has 0 spiro atoms. The maximum Gasteiger partial charge on any atom is 0.140 e. The van der Waals surface area contributed by atoms with E-state index in [-0.39, 0.29) is 0 Å². The number of imidazole rings is 1. The number of hydrogen-bond acceptors (Lipinski definition) is 1. The Labute approximate surface area is 192 Å². The van der Waals surface area contributed by atoms with E-state index in [1.807, 2.05) is 12.1 Å². The van der Waals surface area contributed by atoms with Crippen LogP contribution in [0.2, 0.25) is 0 Å². The smallest absolute Gasteiger partial charge is 0.140 e. The van der Waals surface area contributed by atoms with Gasteiger partial charge in [0.05, 0.1) is 11.4 Å². The fourth-order valence-electron chi connectivity index (χ4n) is 4.55. The molecule has 0 aliphatic rings. The maximum absolute atomic E-state index is 5.12. The summed E-state index contributed by atoms with van der Waals surface area (Å²) in [7, 11) is 0. The molecule has 0 atom stereocenters. The summed E-state index contributed by atoms with van der Waals surface area (Å²) in [6, 6.07) is 37.9. The average Bonchev–Trinajstić information content (AvgIpc) is 3.45. The summed E-state index contributed by atoms with van der Waals surface area (Å²) in [6.07, 6.45) is 0. The molecule has 0 aliphatic heterocycles. The van der Waals surface area contributed by atoms with Gasteiger partial charge in [-0.05, 0) is 24.1 Å². The molecule has 6 rings (SSSR count). The van der Waals surface area contributed by atoms with E-state index >= 15 is 0 Å². The van der Waals surface area contributed by atoms with E-state index in [9.17, 15) is 0 Å². The van der Waals surface area contributed by atoms with Gasteiger partial charge in [0.25, 0.3) is 0 Å². The monoisotopic (exact) mass is 425 g/mol. The number of benzene rings is 4. The Morgan fingerprint density at radius 3 is 1.85 bits per heavy atom. The van der Waals surface area contributed by atoms with E-state index in [0.717, 1.165) is 45.1 Å². The van der Waals surface area contributed by atoms with Gasteiger partial charge in [-0.3, -0.25) is 0 Å². The molecule has 0 saturated heterocycles. The first kappa shape index (κ1) is 19.3. The number of hydrogen-bond donors (Lipinski definition) is 2. The number of H-pyrrole nitrogens is 2. The average molecular weight is 426 g/mol. The van der Waals surface area contributed by atoms with E-state index in [1.165, 1.54) is 16.5 Å². The van der Waals surface area contributed by atoms with Gasteiger partial charge in [0.1, 0.15) is 5.82 Å². The molecule has 0 aliphatic carbocycles. The van der Waals surface area contributed by atoms with Crippen molar-refractivity contribution in [1.82, 2.24) is 15.0 Å². The van der Waals surface area contributed by atoms with E-state index in [1.54, 1.807) is 0 Å². The second kappa shape index (κ2) is 7.95. The molecule has 3 heteroatoms. The molecular formula is C30H23N3. The number of rotatable bonds is 4. The molecule has 3 nitrogen and oxygen atoms in total. The number of fused-ring (bicyclic) bond motifs is 1.